The van der Waals surface area contributed by atoms with Gasteiger partial charge >= 0.3 is 0 Å². The van der Waals surface area contributed by atoms with Crippen LogP contribution in [0.15, 0.2) is 106 Å². The minimum atomic E-state index is 0.0286. The summed E-state index contributed by atoms with van der Waals surface area (Å²) in [5.74, 6) is 15.0. The zero-order valence-electron chi connectivity index (χ0n) is 20.9. The lowest BCUT2D eigenvalue weighted by Crippen LogP contribution is -1.98. The molecule has 4 heteroatoms. The van der Waals surface area contributed by atoms with E-state index >= 15 is 0 Å². The third kappa shape index (κ3) is 9.92. The van der Waals surface area contributed by atoms with Crippen LogP contribution in [-0.4, -0.2) is 26.6 Å². The van der Waals surface area contributed by atoms with Crippen LogP contribution in [0, 0.1) is 23.7 Å². The number of allylic oxidation sites excluding steroid dienone is 1. The van der Waals surface area contributed by atoms with Crippen LogP contribution >= 0.6 is 23.5 Å². The number of hydrogen-bond acceptors (Lipinski definition) is 4. The Morgan fingerprint density at radius 2 is 1.53 bits per heavy atom. The van der Waals surface area contributed by atoms with Crippen LogP contribution in [-0.2, 0) is 4.74 Å². The van der Waals surface area contributed by atoms with Crippen molar-refractivity contribution in [3.8, 4) is 29.4 Å². The molecule has 0 aliphatic heterocycles. The second-order valence-corrected chi connectivity index (χ2v) is 10.1. The van der Waals surface area contributed by atoms with Gasteiger partial charge < -0.3 is 9.47 Å². The summed E-state index contributed by atoms with van der Waals surface area (Å²) < 4.78 is 10.5. The van der Waals surface area contributed by atoms with Gasteiger partial charge in [0.1, 0.15) is 5.75 Å². The number of methoxy groups -OCH3 is 2. The minimum Gasteiger partial charge on any atom is -0.497 e. The van der Waals surface area contributed by atoms with Crippen LogP contribution in [0.5, 0.6) is 5.75 Å². The lowest BCUT2D eigenvalue weighted by atomic mass is 10.0. The minimum absolute atomic E-state index is 0.0286. The van der Waals surface area contributed by atoms with Gasteiger partial charge in [-0.15, -0.1) is 23.5 Å². The molecule has 0 saturated heterocycles. The maximum atomic E-state index is 5.38. The molecule has 2 nitrogen and oxygen atoms in total. The number of benzene rings is 3. The van der Waals surface area contributed by atoms with Crippen LogP contribution in [0.25, 0.3) is 0 Å². The predicted molar refractivity (Wildman–Crippen MR) is 155 cm³/mol. The van der Waals surface area contributed by atoms with Crippen LogP contribution in [0.4, 0.5) is 0 Å². The van der Waals surface area contributed by atoms with E-state index in [-0.39, 0.29) is 5.25 Å². The molecule has 0 heterocycles. The van der Waals surface area contributed by atoms with E-state index in [4.69, 9.17) is 9.47 Å². The van der Waals surface area contributed by atoms with Gasteiger partial charge in [-0.25, -0.2) is 0 Å². The van der Waals surface area contributed by atoms with Crippen molar-refractivity contribution in [3.63, 3.8) is 0 Å². The summed E-state index contributed by atoms with van der Waals surface area (Å²) in [4.78, 5) is 2.42. The lowest BCUT2D eigenvalue weighted by Gasteiger charge is -2.17. The lowest BCUT2D eigenvalue weighted by molar-refractivity contribution is 0.193. The average molecular weight is 513 g/mol. The van der Waals surface area contributed by atoms with E-state index in [1.54, 1.807) is 37.7 Å². The van der Waals surface area contributed by atoms with E-state index in [1.807, 2.05) is 30.3 Å². The van der Waals surface area contributed by atoms with E-state index in [1.165, 1.54) is 15.4 Å². The summed E-state index contributed by atoms with van der Waals surface area (Å²) in [6, 6.07) is 29.1. The summed E-state index contributed by atoms with van der Waals surface area (Å²) in [5, 5.41) is 0.0286. The highest BCUT2D eigenvalue weighted by molar-refractivity contribution is 8.00. The summed E-state index contributed by atoms with van der Waals surface area (Å²) in [7, 11) is 3.43. The highest BCUT2D eigenvalue weighted by atomic mass is 32.2. The summed E-state index contributed by atoms with van der Waals surface area (Å²) >= 11 is 3.53. The van der Waals surface area contributed by atoms with E-state index in [2.05, 4.69) is 84.3 Å². The standard InChI is InChI=1S/C32H32O2S2/c1-33-25-13-4-3-7-15-27(16-12-14-26-35-30-17-8-5-9-18-30)32(36-31-19-10-6-11-20-31)28-21-23-29(34-2)24-22-28/h5-6,8-11,16-24,32H,3-4,13,25-26H2,1-2H3/b27-16-. The average Bonchev–Trinajstić information content (AvgIpc) is 2.93. The Morgan fingerprint density at radius 3 is 2.19 bits per heavy atom. The molecule has 0 aliphatic rings. The van der Waals surface area contributed by atoms with Crippen molar-refractivity contribution in [2.24, 2.45) is 0 Å². The van der Waals surface area contributed by atoms with Crippen molar-refractivity contribution in [1.82, 2.24) is 0 Å². The zero-order valence-corrected chi connectivity index (χ0v) is 22.5. The fraction of sp³-hybridized carbons (Fsp3) is 0.250. The van der Waals surface area contributed by atoms with E-state index in [0.717, 1.165) is 42.9 Å². The predicted octanol–water partition coefficient (Wildman–Crippen LogP) is 8.07. The molecule has 0 aromatic heterocycles. The molecule has 1 atom stereocenters. The molecule has 0 aliphatic carbocycles. The number of hydrogen-bond donors (Lipinski definition) is 0. The van der Waals surface area contributed by atoms with Crippen LogP contribution in [0.1, 0.15) is 30.1 Å². The van der Waals surface area contributed by atoms with E-state index < -0.39 is 0 Å². The van der Waals surface area contributed by atoms with Crippen LogP contribution in [0.3, 0.4) is 0 Å². The van der Waals surface area contributed by atoms with Gasteiger partial charge in [-0.05, 0) is 54.8 Å². The normalized spacial score (nSPS) is 11.6. The Balaban J connectivity index is 1.86. The van der Waals surface area contributed by atoms with Gasteiger partial charge in [0, 0.05) is 41.6 Å². The highest BCUT2D eigenvalue weighted by Crippen LogP contribution is 2.40. The molecule has 0 spiro atoms. The first-order chi connectivity index (χ1) is 17.8. The second kappa shape index (κ2) is 16.6. The highest BCUT2D eigenvalue weighted by Gasteiger charge is 2.17. The molecule has 184 valence electrons. The van der Waals surface area contributed by atoms with Gasteiger partial charge in [0.15, 0.2) is 0 Å². The first kappa shape index (κ1) is 27.6. The SMILES string of the molecule is COCCCCC#C/C(=C/C#CCSc1ccccc1)C(Sc1ccccc1)c1ccc(OC)cc1. The van der Waals surface area contributed by atoms with E-state index in [9.17, 15) is 0 Å². The van der Waals surface area contributed by atoms with Crippen LogP contribution < -0.4 is 4.74 Å². The Hall–Kier alpha value is -3.02. The molecule has 0 N–H and O–H groups in total. The Bertz CT molecular complexity index is 1180. The quantitative estimate of drug-likeness (QED) is 0.147. The fourth-order valence-electron chi connectivity index (χ4n) is 3.33. The van der Waals surface area contributed by atoms with Gasteiger partial charge in [-0.2, -0.15) is 0 Å². The van der Waals surface area contributed by atoms with Crippen molar-refractivity contribution < 1.29 is 9.47 Å². The molecular weight excluding hydrogens is 480 g/mol. The first-order valence-electron chi connectivity index (χ1n) is 12.0. The molecule has 36 heavy (non-hydrogen) atoms. The number of rotatable bonds is 11. The molecule has 0 saturated carbocycles. The van der Waals surface area contributed by atoms with Gasteiger partial charge in [-0.1, -0.05) is 72.2 Å². The van der Waals surface area contributed by atoms with Crippen LogP contribution in [0.2, 0.25) is 0 Å². The molecule has 3 aromatic rings. The largest absolute Gasteiger partial charge is 0.497 e. The van der Waals surface area contributed by atoms with E-state index in [0.29, 0.717) is 0 Å². The molecule has 0 fully saturated rings. The third-order valence-corrected chi connectivity index (χ3v) is 7.42. The third-order valence-electron chi connectivity index (χ3n) is 5.22. The molecule has 3 rings (SSSR count). The Labute approximate surface area is 224 Å². The number of thioether (sulfide) groups is 2. The van der Waals surface area contributed by atoms with Gasteiger partial charge in [0.25, 0.3) is 0 Å². The Kier molecular flexibility index (Phi) is 12.7. The van der Waals surface area contributed by atoms with Crippen molar-refractivity contribution in [2.75, 3.05) is 26.6 Å². The summed E-state index contributed by atoms with van der Waals surface area (Å²) in [6.45, 7) is 0.771. The van der Waals surface area contributed by atoms with Crippen molar-refractivity contribution in [1.29, 1.82) is 0 Å². The molecular formula is C32H32O2S2. The zero-order chi connectivity index (χ0) is 25.3. The van der Waals surface area contributed by atoms with Crippen molar-refractivity contribution in [2.45, 2.75) is 34.3 Å². The fourth-order valence-corrected chi connectivity index (χ4v) is 5.14. The first-order valence-corrected chi connectivity index (χ1v) is 13.9. The summed E-state index contributed by atoms with van der Waals surface area (Å²) in [6.07, 6.45) is 4.87. The maximum absolute atomic E-state index is 5.38. The number of unbranched alkanes of at least 4 members (excludes halogenated alkanes) is 2. The second-order valence-electron chi connectivity index (χ2n) is 7.86. The number of ether oxygens (including phenoxy) is 2. The molecule has 0 amide bonds. The van der Waals surface area contributed by atoms with Gasteiger partial charge in [-0.3, -0.25) is 0 Å². The monoisotopic (exact) mass is 512 g/mol. The molecule has 0 bridgehead atoms. The van der Waals surface area contributed by atoms with Gasteiger partial charge in [0.2, 0.25) is 0 Å². The smallest absolute Gasteiger partial charge is 0.118 e. The molecule has 0 radical (unpaired) electrons. The maximum Gasteiger partial charge on any atom is 0.118 e. The summed E-state index contributed by atoms with van der Waals surface area (Å²) in [5.41, 5.74) is 2.18. The topological polar surface area (TPSA) is 18.5 Å². The Morgan fingerprint density at radius 1 is 0.833 bits per heavy atom. The molecule has 1 unspecified atom stereocenters. The van der Waals surface area contributed by atoms with Gasteiger partial charge in [0.05, 0.1) is 18.1 Å². The van der Waals surface area contributed by atoms with Crippen molar-refractivity contribution in [3.05, 3.63) is 102 Å². The van der Waals surface area contributed by atoms with Crippen molar-refractivity contribution >= 4 is 23.5 Å². The molecule has 3 aromatic carbocycles.